The van der Waals surface area contributed by atoms with Crippen LogP contribution in [0.15, 0.2) is 47.4 Å². The molecule has 2 aromatic carbocycles. The van der Waals surface area contributed by atoms with Crippen LogP contribution in [0.4, 0.5) is 14.5 Å². The van der Waals surface area contributed by atoms with Crippen LogP contribution < -0.4 is 10.0 Å². The van der Waals surface area contributed by atoms with Crippen LogP contribution in [0.5, 0.6) is 0 Å². The minimum absolute atomic E-state index is 0.0388. The molecule has 0 unspecified atom stereocenters. The molecule has 0 aliphatic heterocycles. The van der Waals surface area contributed by atoms with Crippen LogP contribution in [0.2, 0.25) is 0 Å². The SMILES string of the molecule is CN(C)CCNS(=O)(=O)c1cccc(C(=O)Nc2c(F)cccc2F)c1. The lowest BCUT2D eigenvalue weighted by Crippen LogP contribution is -2.31. The summed E-state index contributed by atoms with van der Waals surface area (Å²) in [5, 5.41) is 2.12. The summed E-state index contributed by atoms with van der Waals surface area (Å²) in [7, 11) is -0.193. The minimum atomic E-state index is -3.81. The van der Waals surface area contributed by atoms with Gasteiger partial charge >= 0.3 is 0 Å². The predicted molar refractivity (Wildman–Crippen MR) is 94.5 cm³/mol. The first-order valence-electron chi connectivity index (χ1n) is 7.70. The molecule has 0 fully saturated rings. The summed E-state index contributed by atoms with van der Waals surface area (Å²) in [4.78, 5) is 13.9. The highest BCUT2D eigenvalue weighted by Gasteiger charge is 2.18. The van der Waals surface area contributed by atoms with Crippen LogP contribution in [0.1, 0.15) is 10.4 Å². The lowest BCUT2D eigenvalue weighted by molar-refractivity contribution is 0.102. The van der Waals surface area contributed by atoms with Crippen LogP contribution in [-0.2, 0) is 10.0 Å². The summed E-state index contributed by atoms with van der Waals surface area (Å²) in [5.74, 6) is -2.67. The third-order valence-corrected chi connectivity index (χ3v) is 4.92. The number of amides is 1. The van der Waals surface area contributed by atoms with Crippen molar-refractivity contribution in [2.45, 2.75) is 4.90 Å². The zero-order chi connectivity index (χ0) is 19.3. The van der Waals surface area contributed by atoms with Crippen molar-refractivity contribution in [3.05, 3.63) is 59.7 Å². The number of hydrogen-bond donors (Lipinski definition) is 2. The third-order valence-electron chi connectivity index (χ3n) is 3.46. The molecule has 2 aromatic rings. The van der Waals surface area contributed by atoms with E-state index in [9.17, 15) is 22.0 Å². The van der Waals surface area contributed by atoms with Crippen LogP contribution in [0, 0.1) is 11.6 Å². The van der Waals surface area contributed by atoms with E-state index in [1.165, 1.54) is 24.3 Å². The fraction of sp³-hybridized carbons (Fsp3) is 0.235. The smallest absolute Gasteiger partial charge is 0.255 e. The molecule has 0 aliphatic carbocycles. The number of anilines is 1. The first-order valence-corrected chi connectivity index (χ1v) is 9.19. The van der Waals surface area contributed by atoms with Gasteiger partial charge in [-0.15, -0.1) is 0 Å². The van der Waals surface area contributed by atoms with E-state index < -0.39 is 33.3 Å². The van der Waals surface area contributed by atoms with Gasteiger partial charge in [0, 0.05) is 18.7 Å². The molecule has 0 aliphatic rings. The number of para-hydroxylation sites is 1. The van der Waals surface area contributed by atoms with Crippen molar-refractivity contribution in [1.29, 1.82) is 0 Å². The number of carbonyl (C=O) groups excluding carboxylic acids is 1. The quantitative estimate of drug-likeness (QED) is 0.767. The first-order chi connectivity index (χ1) is 12.2. The molecule has 26 heavy (non-hydrogen) atoms. The van der Waals surface area contributed by atoms with Gasteiger partial charge in [-0.1, -0.05) is 12.1 Å². The fourth-order valence-corrected chi connectivity index (χ4v) is 3.16. The van der Waals surface area contributed by atoms with E-state index in [0.717, 1.165) is 18.2 Å². The van der Waals surface area contributed by atoms with E-state index in [1.54, 1.807) is 14.1 Å². The Kier molecular flexibility index (Phi) is 6.41. The third kappa shape index (κ3) is 5.07. The number of sulfonamides is 1. The molecule has 140 valence electrons. The number of hydrogen-bond acceptors (Lipinski definition) is 4. The number of halogens is 2. The highest BCUT2D eigenvalue weighted by Crippen LogP contribution is 2.19. The van der Waals surface area contributed by atoms with Crippen molar-refractivity contribution < 1.29 is 22.0 Å². The van der Waals surface area contributed by atoms with Gasteiger partial charge in [-0.3, -0.25) is 4.79 Å². The standard InChI is InChI=1S/C17H19F2N3O3S/c1-22(2)10-9-20-26(24,25)13-6-3-5-12(11-13)17(23)21-16-14(18)7-4-8-15(16)19/h3-8,11,20H,9-10H2,1-2H3,(H,21,23). The zero-order valence-corrected chi connectivity index (χ0v) is 15.1. The summed E-state index contributed by atoms with van der Waals surface area (Å²) in [6, 6.07) is 8.40. The average Bonchev–Trinajstić information content (AvgIpc) is 2.57. The Bertz CT molecular complexity index is 882. The lowest BCUT2D eigenvalue weighted by atomic mass is 10.2. The van der Waals surface area contributed by atoms with Gasteiger partial charge in [-0.2, -0.15) is 0 Å². The molecule has 0 atom stereocenters. The molecule has 2 N–H and O–H groups in total. The highest BCUT2D eigenvalue weighted by atomic mass is 32.2. The Labute approximate surface area is 150 Å². The second kappa shape index (κ2) is 8.35. The molecular formula is C17H19F2N3O3S. The molecular weight excluding hydrogens is 364 g/mol. The predicted octanol–water partition coefficient (Wildman–Crippen LogP) is 2.06. The Morgan fingerprint density at radius 1 is 1.08 bits per heavy atom. The maximum absolute atomic E-state index is 13.6. The van der Waals surface area contributed by atoms with Crippen LogP contribution >= 0.6 is 0 Å². The average molecular weight is 383 g/mol. The van der Waals surface area contributed by atoms with Gasteiger partial charge in [-0.25, -0.2) is 21.9 Å². The van der Waals surface area contributed by atoms with Crippen molar-refractivity contribution in [3.63, 3.8) is 0 Å². The monoisotopic (exact) mass is 383 g/mol. The second-order valence-corrected chi connectivity index (χ2v) is 7.55. The minimum Gasteiger partial charge on any atom is -0.317 e. The maximum atomic E-state index is 13.6. The summed E-state index contributed by atoms with van der Waals surface area (Å²) in [6.07, 6.45) is 0. The van der Waals surface area contributed by atoms with Gasteiger partial charge in [0.2, 0.25) is 10.0 Å². The molecule has 1 amide bonds. The molecule has 0 heterocycles. The van der Waals surface area contributed by atoms with Gasteiger partial charge in [0.25, 0.3) is 5.91 Å². The van der Waals surface area contributed by atoms with E-state index in [-0.39, 0.29) is 17.0 Å². The van der Waals surface area contributed by atoms with Gasteiger partial charge in [0.15, 0.2) is 0 Å². The van der Waals surface area contributed by atoms with E-state index in [2.05, 4.69) is 10.0 Å². The lowest BCUT2D eigenvalue weighted by Gasteiger charge is -2.12. The van der Waals surface area contributed by atoms with Crippen LogP contribution in [-0.4, -0.2) is 46.4 Å². The summed E-state index contributed by atoms with van der Waals surface area (Å²) >= 11 is 0. The summed E-state index contributed by atoms with van der Waals surface area (Å²) in [5.41, 5.74) is -0.627. The molecule has 9 heteroatoms. The van der Waals surface area contributed by atoms with Crippen LogP contribution in [0.3, 0.4) is 0 Å². The maximum Gasteiger partial charge on any atom is 0.255 e. The first kappa shape index (κ1) is 20.0. The molecule has 0 saturated heterocycles. The van der Waals surface area contributed by atoms with Gasteiger partial charge in [-0.05, 0) is 44.4 Å². The van der Waals surface area contributed by atoms with Crippen molar-refractivity contribution in [1.82, 2.24) is 9.62 Å². The Morgan fingerprint density at radius 2 is 1.69 bits per heavy atom. The topological polar surface area (TPSA) is 78.5 Å². The Hall–Kier alpha value is -2.36. The molecule has 0 aromatic heterocycles. The Balaban J connectivity index is 2.19. The summed E-state index contributed by atoms with van der Waals surface area (Å²) in [6.45, 7) is 0.707. The molecule has 0 saturated carbocycles. The van der Waals surface area contributed by atoms with E-state index in [1.807, 2.05) is 4.90 Å². The fourth-order valence-electron chi connectivity index (χ4n) is 2.09. The number of likely N-dealkylation sites (N-methyl/N-ethyl adjacent to an activating group) is 1. The molecule has 0 spiro atoms. The zero-order valence-electron chi connectivity index (χ0n) is 14.3. The van der Waals surface area contributed by atoms with Crippen molar-refractivity contribution >= 4 is 21.6 Å². The van der Waals surface area contributed by atoms with Crippen molar-refractivity contribution in [3.8, 4) is 0 Å². The van der Waals surface area contributed by atoms with Gasteiger partial charge in [0.05, 0.1) is 4.90 Å². The molecule has 6 nitrogen and oxygen atoms in total. The molecule has 0 radical (unpaired) electrons. The van der Waals surface area contributed by atoms with Crippen molar-refractivity contribution in [2.24, 2.45) is 0 Å². The number of carbonyl (C=O) groups is 1. The normalized spacial score (nSPS) is 11.6. The highest BCUT2D eigenvalue weighted by molar-refractivity contribution is 7.89. The number of rotatable bonds is 7. The largest absolute Gasteiger partial charge is 0.317 e. The second-order valence-electron chi connectivity index (χ2n) is 5.78. The number of nitrogens with one attached hydrogen (secondary N) is 2. The van der Waals surface area contributed by atoms with Crippen LogP contribution in [0.25, 0.3) is 0 Å². The van der Waals surface area contributed by atoms with Gasteiger partial charge in [0.1, 0.15) is 17.3 Å². The van der Waals surface area contributed by atoms with Crippen molar-refractivity contribution in [2.75, 3.05) is 32.5 Å². The summed E-state index contributed by atoms with van der Waals surface area (Å²) < 4.78 is 54.2. The van der Waals surface area contributed by atoms with E-state index in [4.69, 9.17) is 0 Å². The number of nitrogens with zero attached hydrogens (tertiary/aromatic N) is 1. The van der Waals surface area contributed by atoms with E-state index in [0.29, 0.717) is 6.54 Å². The van der Waals surface area contributed by atoms with E-state index >= 15 is 0 Å². The number of benzene rings is 2. The van der Waals surface area contributed by atoms with Gasteiger partial charge < -0.3 is 10.2 Å². The Morgan fingerprint density at radius 3 is 2.31 bits per heavy atom. The molecule has 0 bridgehead atoms. The molecule has 2 rings (SSSR count).